The standard InChI is InChI=1S/C20H22F3NO3/c1-13-11-17(13)18-9-7-15(26-18)8-10-19(25)24(2)12-14-3-5-16(6-4-14)27-20(21,22)23/h3-7,9,13,17H,8,10-12H2,1-2H3. The number of halogens is 3. The number of rotatable bonds is 7. The van der Waals surface area contributed by atoms with Crippen LogP contribution in [-0.2, 0) is 17.8 Å². The van der Waals surface area contributed by atoms with Gasteiger partial charge in [-0.15, -0.1) is 13.2 Å². The second-order valence-electron chi connectivity index (χ2n) is 7.07. The van der Waals surface area contributed by atoms with Gasteiger partial charge in [-0.1, -0.05) is 19.1 Å². The Labute approximate surface area is 155 Å². The normalized spacial score (nSPS) is 19.0. The van der Waals surface area contributed by atoms with Crippen molar-refractivity contribution in [3.05, 3.63) is 53.5 Å². The lowest BCUT2D eigenvalue weighted by Crippen LogP contribution is -2.26. The van der Waals surface area contributed by atoms with Gasteiger partial charge in [-0.05, 0) is 42.2 Å². The lowest BCUT2D eigenvalue weighted by Gasteiger charge is -2.17. The molecule has 1 fully saturated rings. The highest BCUT2D eigenvalue weighted by Gasteiger charge is 2.36. The van der Waals surface area contributed by atoms with Crippen molar-refractivity contribution >= 4 is 5.91 Å². The van der Waals surface area contributed by atoms with E-state index < -0.39 is 6.36 Å². The summed E-state index contributed by atoms with van der Waals surface area (Å²) in [4.78, 5) is 13.8. The Morgan fingerprint density at radius 2 is 1.89 bits per heavy atom. The van der Waals surface area contributed by atoms with Crippen LogP contribution in [0.2, 0.25) is 0 Å². The molecule has 4 nitrogen and oxygen atoms in total. The number of carbonyl (C=O) groups is 1. The summed E-state index contributed by atoms with van der Waals surface area (Å²) in [6, 6.07) is 9.42. The molecule has 0 saturated heterocycles. The minimum atomic E-state index is -4.71. The minimum absolute atomic E-state index is 0.0524. The van der Waals surface area contributed by atoms with Crippen molar-refractivity contribution in [3.63, 3.8) is 0 Å². The van der Waals surface area contributed by atoms with E-state index in [1.807, 2.05) is 12.1 Å². The lowest BCUT2D eigenvalue weighted by molar-refractivity contribution is -0.274. The van der Waals surface area contributed by atoms with E-state index in [0.717, 1.165) is 23.5 Å². The Morgan fingerprint density at radius 1 is 1.22 bits per heavy atom. The first-order valence-electron chi connectivity index (χ1n) is 8.88. The van der Waals surface area contributed by atoms with E-state index in [2.05, 4.69) is 11.7 Å². The summed E-state index contributed by atoms with van der Waals surface area (Å²) >= 11 is 0. The number of alkyl halides is 3. The molecule has 27 heavy (non-hydrogen) atoms. The molecule has 1 aliphatic rings. The van der Waals surface area contributed by atoms with Gasteiger partial charge in [0, 0.05) is 32.4 Å². The minimum Gasteiger partial charge on any atom is -0.466 e. The average molecular weight is 381 g/mol. The molecule has 1 saturated carbocycles. The Balaban J connectivity index is 1.46. The van der Waals surface area contributed by atoms with Gasteiger partial charge in [-0.25, -0.2) is 0 Å². The van der Waals surface area contributed by atoms with Gasteiger partial charge in [-0.2, -0.15) is 0 Å². The number of carbonyl (C=O) groups excluding carboxylic acids is 1. The Hall–Kier alpha value is -2.44. The van der Waals surface area contributed by atoms with Gasteiger partial charge in [0.15, 0.2) is 0 Å². The molecular weight excluding hydrogens is 359 g/mol. The Kier molecular flexibility index (Phi) is 5.48. The number of furan rings is 1. The first-order valence-corrected chi connectivity index (χ1v) is 8.88. The van der Waals surface area contributed by atoms with Crippen LogP contribution in [0.25, 0.3) is 0 Å². The molecule has 1 aliphatic carbocycles. The number of aryl methyl sites for hydroxylation is 1. The molecule has 0 bridgehead atoms. The Bertz CT molecular complexity index is 783. The number of hydrogen-bond acceptors (Lipinski definition) is 3. The van der Waals surface area contributed by atoms with E-state index >= 15 is 0 Å². The summed E-state index contributed by atoms with van der Waals surface area (Å²) in [5.74, 6) is 2.66. The molecule has 2 unspecified atom stereocenters. The van der Waals surface area contributed by atoms with E-state index in [9.17, 15) is 18.0 Å². The smallest absolute Gasteiger partial charge is 0.466 e. The molecule has 0 spiro atoms. The molecule has 0 aliphatic heterocycles. The van der Waals surface area contributed by atoms with Crippen LogP contribution in [-0.4, -0.2) is 24.2 Å². The third-order valence-corrected chi connectivity index (χ3v) is 4.75. The van der Waals surface area contributed by atoms with E-state index in [4.69, 9.17) is 4.42 Å². The van der Waals surface area contributed by atoms with Crippen LogP contribution in [0.1, 0.15) is 42.8 Å². The largest absolute Gasteiger partial charge is 0.573 e. The fourth-order valence-electron chi connectivity index (χ4n) is 3.03. The molecule has 0 N–H and O–H groups in total. The predicted octanol–water partition coefficient (Wildman–Crippen LogP) is 4.89. The van der Waals surface area contributed by atoms with Crippen LogP contribution in [0.5, 0.6) is 5.75 Å². The molecule has 1 heterocycles. The van der Waals surface area contributed by atoms with Crippen molar-refractivity contribution in [2.45, 2.75) is 45.0 Å². The molecule has 146 valence electrons. The average Bonchev–Trinajstić information content (AvgIpc) is 3.14. The van der Waals surface area contributed by atoms with Gasteiger partial charge in [0.25, 0.3) is 0 Å². The van der Waals surface area contributed by atoms with Crippen molar-refractivity contribution in [1.82, 2.24) is 4.90 Å². The van der Waals surface area contributed by atoms with Crippen molar-refractivity contribution in [1.29, 1.82) is 0 Å². The molecule has 0 radical (unpaired) electrons. The van der Waals surface area contributed by atoms with Gasteiger partial charge >= 0.3 is 6.36 Å². The van der Waals surface area contributed by atoms with E-state index in [1.54, 1.807) is 11.9 Å². The Morgan fingerprint density at radius 3 is 2.48 bits per heavy atom. The zero-order valence-electron chi connectivity index (χ0n) is 15.3. The third-order valence-electron chi connectivity index (χ3n) is 4.75. The van der Waals surface area contributed by atoms with Gasteiger partial charge in [0.05, 0.1) is 0 Å². The van der Waals surface area contributed by atoms with Gasteiger partial charge < -0.3 is 14.1 Å². The summed E-state index contributed by atoms with van der Waals surface area (Å²) in [6.45, 7) is 2.50. The molecule has 2 atom stereocenters. The number of hydrogen-bond donors (Lipinski definition) is 0. The van der Waals surface area contributed by atoms with Crippen molar-refractivity contribution in [2.75, 3.05) is 7.05 Å². The highest BCUT2D eigenvalue weighted by atomic mass is 19.4. The number of ether oxygens (including phenoxy) is 1. The molecule has 1 aromatic carbocycles. The first kappa shape index (κ1) is 19.3. The maximum absolute atomic E-state index is 12.3. The van der Waals surface area contributed by atoms with Crippen molar-refractivity contribution < 1.29 is 27.1 Å². The third kappa shape index (κ3) is 5.52. The summed E-state index contributed by atoms with van der Waals surface area (Å²) < 4.78 is 46.1. The topological polar surface area (TPSA) is 42.7 Å². The zero-order chi connectivity index (χ0) is 19.6. The fraction of sp³-hybridized carbons (Fsp3) is 0.450. The summed E-state index contributed by atoms with van der Waals surface area (Å²) in [5.41, 5.74) is 0.725. The number of benzene rings is 1. The maximum Gasteiger partial charge on any atom is 0.573 e. The van der Waals surface area contributed by atoms with E-state index in [1.165, 1.54) is 24.3 Å². The van der Waals surface area contributed by atoms with Crippen LogP contribution in [0.3, 0.4) is 0 Å². The maximum atomic E-state index is 12.3. The van der Waals surface area contributed by atoms with Gasteiger partial charge in [0.1, 0.15) is 17.3 Å². The predicted molar refractivity (Wildman–Crippen MR) is 93.2 cm³/mol. The molecule has 7 heteroatoms. The number of nitrogens with zero attached hydrogens (tertiary/aromatic N) is 1. The zero-order valence-corrected chi connectivity index (χ0v) is 15.3. The van der Waals surface area contributed by atoms with Crippen molar-refractivity contribution in [3.8, 4) is 5.75 Å². The highest BCUT2D eigenvalue weighted by Crippen LogP contribution is 2.47. The highest BCUT2D eigenvalue weighted by molar-refractivity contribution is 5.76. The van der Waals surface area contributed by atoms with Crippen LogP contribution < -0.4 is 4.74 Å². The molecular formula is C20H22F3NO3. The second kappa shape index (κ2) is 7.66. The lowest BCUT2D eigenvalue weighted by atomic mass is 10.2. The van der Waals surface area contributed by atoms with E-state index in [-0.39, 0.29) is 11.7 Å². The molecule has 2 aromatic rings. The number of amides is 1. The van der Waals surface area contributed by atoms with Crippen LogP contribution >= 0.6 is 0 Å². The molecule has 1 amide bonds. The van der Waals surface area contributed by atoms with Crippen LogP contribution in [0.4, 0.5) is 13.2 Å². The first-order chi connectivity index (χ1) is 12.7. The summed E-state index contributed by atoms with van der Waals surface area (Å²) in [5, 5.41) is 0. The second-order valence-corrected chi connectivity index (χ2v) is 7.07. The van der Waals surface area contributed by atoms with Crippen LogP contribution in [0, 0.1) is 5.92 Å². The van der Waals surface area contributed by atoms with Gasteiger partial charge in [0.2, 0.25) is 5.91 Å². The van der Waals surface area contributed by atoms with E-state index in [0.29, 0.717) is 31.2 Å². The molecule has 3 rings (SSSR count). The fourth-order valence-corrected chi connectivity index (χ4v) is 3.03. The quantitative estimate of drug-likeness (QED) is 0.686. The summed E-state index contributed by atoms with van der Waals surface area (Å²) in [6.07, 6.45) is -2.71. The van der Waals surface area contributed by atoms with Crippen LogP contribution in [0.15, 0.2) is 40.8 Å². The SMILES string of the molecule is CC1CC1c1ccc(CCC(=O)N(C)Cc2ccc(OC(F)(F)F)cc2)o1. The van der Waals surface area contributed by atoms with Gasteiger partial charge in [-0.3, -0.25) is 4.79 Å². The molecule has 1 aromatic heterocycles. The monoisotopic (exact) mass is 381 g/mol. The summed E-state index contributed by atoms with van der Waals surface area (Å²) in [7, 11) is 1.67. The van der Waals surface area contributed by atoms with Crippen molar-refractivity contribution in [2.24, 2.45) is 5.92 Å².